The molecule has 0 heterocycles. The van der Waals surface area contributed by atoms with E-state index in [0.29, 0.717) is 5.92 Å². The largest absolute Gasteiger partial charge is 0.0622 e. The van der Waals surface area contributed by atoms with E-state index in [0.717, 1.165) is 0 Å². The number of rotatable bonds is 1. The zero-order chi connectivity index (χ0) is 6.69. The first kappa shape index (κ1) is 10.2. The molecule has 0 bridgehead atoms. The van der Waals surface area contributed by atoms with Crippen LogP contribution in [0.25, 0.3) is 0 Å². The summed E-state index contributed by atoms with van der Waals surface area (Å²) in [6, 6.07) is 10.5. The second-order valence-electron chi connectivity index (χ2n) is 2.57. The molecule has 0 unspecified atom stereocenters. The van der Waals surface area contributed by atoms with Crippen LogP contribution in [-0.2, 0) is 0 Å². The van der Waals surface area contributed by atoms with Crippen LogP contribution in [0.5, 0.6) is 0 Å². The van der Waals surface area contributed by atoms with E-state index in [4.69, 9.17) is 0 Å². The van der Waals surface area contributed by atoms with E-state index >= 15 is 0 Å². The van der Waals surface area contributed by atoms with Crippen LogP contribution in [-0.4, -0.2) is 29.6 Å². The van der Waals surface area contributed by atoms with Crippen molar-refractivity contribution in [2.45, 2.75) is 19.8 Å². The van der Waals surface area contributed by atoms with E-state index in [1.54, 1.807) is 0 Å². The van der Waals surface area contributed by atoms with Gasteiger partial charge in [-0.3, -0.25) is 0 Å². The first-order chi connectivity index (χ1) is 4.30. The molecular weight excluding hydrogens is 131 g/mol. The molecule has 0 saturated carbocycles. The molecule has 49 valence electrons. The van der Waals surface area contributed by atoms with Gasteiger partial charge in [0, 0.05) is 29.6 Å². The van der Waals surface area contributed by atoms with Gasteiger partial charge < -0.3 is 0 Å². The van der Waals surface area contributed by atoms with Crippen molar-refractivity contribution in [1.82, 2.24) is 0 Å². The van der Waals surface area contributed by atoms with Crippen LogP contribution in [0.15, 0.2) is 30.3 Å². The van der Waals surface area contributed by atoms with Gasteiger partial charge in [-0.1, -0.05) is 44.2 Å². The molecule has 1 rings (SSSR count). The SMILES string of the molecule is CC(C)c1ccccc1.[Na]. The van der Waals surface area contributed by atoms with Gasteiger partial charge in [-0.05, 0) is 11.5 Å². The number of hydrogen-bond acceptors (Lipinski definition) is 0. The third kappa shape index (κ3) is 2.87. The average Bonchev–Trinajstić information content (AvgIpc) is 1.90. The molecule has 0 spiro atoms. The molecule has 0 saturated heterocycles. The average molecular weight is 143 g/mol. The maximum absolute atomic E-state index is 2.20. The summed E-state index contributed by atoms with van der Waals surface area (Å²) in [7, 11) is 0. The fourth-order valence-corrected chi connectivity index (χ4v) is 0.838. The Morgan fingerprint density at radius 1 is 1.00 bits per heavy atom. The Bertz CT molecular complexity index is 167. The van der Waals surface area contributed by atoms with Gasteiger partial charge in [-0.2, -0.15) is 0 Å². The molecule has 0 aliphatic carbocycles. The Morgan fingerprint density at radius 2 is 1.50 bits per heavy atom. The fourth-order valence-electron chi connectivity index (χ4n) is 0.838. The molecule has 0 atom stereocenters. The molecule has 1 aromatic carbocycles. The van der Waals surface area contributed by atoms with Crippen LogP contribution in [0.2, 0.25) is 0 Å². The van der Waals surface area contributed by atoms with Crippen LogP contribution < -0.4 is 0 Å². The molecule has 0 aromatic heterocycles. The van der Waals surface area contributed by atoms with Crippen molar-refractivity contribution in [2.24, 2.45) is 0 Å². The molecule has 0 fully saturated rings. The molecule has 0 N–H and O–H groups in total. The van der Waals surface area contributed by atoms with Gasteiger partial charge in [0.15, 0.2) is 0 Å². The van der Waals surface area contributed by atoms with Gasteiger partial charge in [-0.25, -0.2) is 0 Å². The molecule has 0 aliphatic rings. The second kappa shape index (κ2) is 4.95. The summed E-state index contributed by atoms with van der Waals surface area (Å²) in [6.45, 7) is 4.41. The monoisotopic (exact) mass is 143 g/mol. The Balaban J connectivity index is 0.000000810. The van der Waals surface area contributed by atoms with E-state index in [2.05, 4.69) is 38.1 Å². The van der Waals surface area contributed by atoms with Crippen molar-refractivity contribution in [2.75, 3.05) is 0 Å². The normalized spacial score (nSPS) is 9.10. The van der Waals surface area contributed by atoms with Gasteiger partial charge in [0.25, 0.3) is 0 Å². The van der Waals surface area contributed by atoms with E-state index in [1.807, 2.05) is 6.07 Å². The summed E-state index contributed by atoms with van der Waals surface area (Å²) in [5.41, 5.74) is 1.41. The van der Waals surface area contributed by atoms with Crippen molar-refractivity contribution < 1.29 is 0 Å². The molecule has 0 aliphatic heterocycles. The molecule has 0 amide bonds. The number of hydrogen-bond donors (Lipinski definition) is 0. The summed E-state index contributed by atoms with van der Waals surface area (Å²) in [5, 5.41) is 0. The van der Waals surface area contributed by atoms with Crippen molar-refractivity contribution in [3.63, 3.8) is 0 Å². The standard InChI is InChI=1S/C9H12.Na/c1-8(2)9-6-4-3-5-7-9;/h3-8H,1-2H3;. The van der Waals surface area contributed by atoms with Crippen LogP contribution in [0.4, 0.5) is 0 Å². The summed E-state index contributed by atoms with van der Waals surface area (Å²) in [5.74, 6) is 0.659. The zero-order valence-corrected chi connectivity index (χ0v) is 8.96. The molecule has 1 radical (unpaired) electrons. The Hall–Kier alpha value is 0.220. The van der Waals surface area contributed by atoms with E-state index in [1.165, 1.54) is 5.56 Å². The summed E-state index contributed by atoms with van der Waals surface area (Å²) >= 11 is 0. The topological polar surface area (TPSA) is 0 Å². The van der Waals surface area contributed by atoms with Gasteiger partial charge in [0.1, 0.15) is 0 Å². The molecule has 1 heteroatoms. The maximum atomic E-state index is 2.20. The summed E-state index contributed by atoms with van der Waals surface area (Å²) in [4.78, 5) is 0. The van der Waals surface area contributed by atoms with Gasteiger partial charge >= 0.3 is 0 Å². The van der Waals surface area contributed by atoms with Gasteiger partial charge in [-0.15, -0.1) is 0 Å². The minimum atomic E-state index is 0. The van der Waals surface area contributed by atoms with Crippen LogP contribution in [0.1, 0.15) is 25.3 Å². The van der Waals surface area contributed by atoms with Gasteiger partial charge in [0.2, 0.25) is 0 Å². The number of benzene rings is 1. The third-order valence-corrected chi connectivity index (χ3v) is 1.47. The predicted octanol–water partition coefficient (Wildman–Crippen LogP) is 2.43. The molecule has 1 aromatic rings. The van der Waals surface area contributed by atoms with Crippen LogP contribution in [0.3, 0.4) is 0 Å². The Kier molecular flexibility index (Phi) is 5.06. The summed E-state index contributed by atoms with van der Waals surface area (Å²) < 4.78 is 0. The van der Waals surface area contributed by atoms with Crippen LogP contribution in [0, 0.1) is 0 Å². The van der Waals surface area contributed by atoms with Crippen molar-refractivity contribution in [3.8, 4) is 0 Å². The van der Waals surface area contributed by atoms with Crippen molar-refractivity contribution in [3.05, 3.63) is 35.9 Å². The second-order valence-corrected chi connectivity index (χ2v) is 2.57. The van der Waals surface area contributed by atoms with Crippen LogP contribution >= 0.6 is 0 Å². The Morgan fingerprint density at radius 3 is 1.80 bits per heavy atom. The van der Waals surface area contributed by atoms with E-state index in [9.17, 15) is 0 Å². The Labute approximate surface area is 84.9 Å². The minimum absolute atomic E-state index is 0. The van der Waals surface area contributed by atoms with E-state index < -0.39 is 0 Å². The van der Waals surface area contributed by atoms with E-state index in [-0.39, 0.29) is 29.6 Å². The summed E-state index contributed by atoms with van der Waals surface area (Å²) in [6.07, 6.45) is 0. The smallest absolute Gasteiger partial charge is 0 e. The first-order valence-electron chi connectivity index (χ1n) is 3.35. The zero-order valence-electron chi connectivity index (χ0n) is 6.96. The third-order valence-electron chi connectivity index (χ3n) is 1.47. The molecule has 10 heavy (non-hydrogen) atoms. The fraction of sp³-hybridized carbons (Fsp3) is 0.333. The quantitative estimate of drug-likeness (QED) is 0.530. The van der Waals surface area contributed by atoms with Crippen molar-refractivity contribution in [1.29, 1.82) is 0 Å². The molecular formula is C9H12Na. The first-order valence-corrected chi connectivity index (χ1v) is 3.35. The van der Waals surface area contributed by atoms with Crippen molar-refractivity contribution >= 4 is 29.6 Å². The molecule has 0 nitrogen and oxygen atoms in total. The van der Waals surface area contributed by atoms with Gasteiger partial charge in [0.05, 0.1) is 0 Å². The predicted molar refractivity (Wildman–Crippen MR) is 46.3 cm³/mol. The minimum Gasteiger partial charge on any atom is -0.0622 e. The maximum Gasteiger partial charge on any atom is 0 e.